The van der Waals surface area contributed by atoms with E-state index in [0.29, 0.717) is 0 Å². The number of rotatable bonds is 4. The van der Waals surface area contributed by atoms with Gasteiger partial charge in [-0.25, -0.2) is 0 Å². The second-order valence-corrected chi connectivity index (χ2v) is 17.4. The number of hydrogen-bond acceptors (Lipinski definition) is 1. The molecular weight excluding hydrogens is 665 g/mol. The first-order valence-corrected chi connectivity index (χ1v) is 19.7. The average molecular weight is 709 g/mol. The topological polar surface area (TPSA) is 8.17 Å². The molecule has 0 amide bonds. The lowest BCUT2D eigenvalue weighted by atomic mass is 9.81. The van der Waals surface area contributed by atoms with E-state index >= 15 is 0 Å². The lowest BCUT2D eigenvalue weighted by Crippen LogP contribution is -2.18. The Kier molecular flexibility index (Phi) is 6.45. The Morgan fingerprint density at radius 2 is 0.818 bits per heavy atom. The molecule has 0 fully saturated rings. The highest BCUT2D eigenvalue weighted by molar-refractivity contribution is 6.02. The van der Waals surface area contributed by atoms with Gasteiger partial charge in [-0.3, -0.25) is 0 Å². The van der Waals surface area contributed by atoms with E-state index in [0.717, 1.165) is 5.69 Å². The summed E-state index contributed by atoms with van der Waals surface area (Å²) in [5.41, 5.74) is 21.9. The SMILES string of the molecule is CC1(C)c2ccccc2-c2ccc(N(c3ccc4c(c3)C(C)(C)c3ccccc3-4)c3ccc4c(c3)c3c(n4-c4ccccc4)-c4ccccc4C3(C)C)cc21. The summed E-state index contributed by atoms with van der Waals surface area (Å²) in [6.07, 6.45) is 0. The zero-order valence-corrected chi connectivity index (χ0v) is 32.4. The quantitative estimate of drug-likeness (QED) is 0.177. The normalized spacial score (nSPS) is 15.9. The molecule has 1 heterocycles. The molecular formula is C53H44N2. The average Bonchev–Trinajstić information content (AvgIpc) is 3.83. The minimum absolute atomic E-state index is 0.108. The molecule has 0 aliphatic heterocycles. The van der Waals surface area contributed by atoms with Crippen LogP contribution in [0, 0.1) is 0 Å². The van der Waals surface area contributed by atoms with E-state index in [4.69, 9.17) is 0 Å². The minimum atomic E-state index is -0.166. The fraction of sp³-hybridized carbons (Fsp3) is 0.170. The Balaban J connectivity index is 1.17. The minimum Gasteiger partial charge on any atom is -0.310 e. The Bertz CT molecular complexity index is 2790. The molecule has 3 aliphatic rings. The van der Waals surface area contributed by atoms with E-state index in [9.17, 15) is 0 Å². The highest BCUT2D eigenvalue weighted by Gasteiger charge is 2.41. The largest absolute Gasteiger partial charge is 0.310 e. The fourth-order valence-corrected chi connectivity index (χ4v) is 10.6. The van der Waals surface area contributed by atoms with Crippen LogP contribution in [0.1, 0.15) is 74.9 Å². The summed E-state index contributed by atoms with van der Waals surface area (Å²) in [6.45, 7) is 14.3. The second-order valence-electron chi connectivity index (χ2n) is 17.4. The highest BCUT2D eigenvalue weighted by Crippen LogP contribution is 2.56. The van der Waals surface area contributed by atoms with Crippen LogP contribution < -0.4 is 4.90 Å². The third-order valence-electron chi connectivity index (χ3n) is 13.4. The molecule has 0 bridgehead atoms. The van der Waals surface area contributed by atoms with Crippen molar-refractivity contribution in [3.05, 3.63) is 191 Å². The third-order valence-corrected chi connectivity index (χ3v) is 13.4. The molecule has 3 aliphatic carbocycles. The van der Waals surface area contributed by atoms with Crippen molar-refractivity contribution < 1.29 is 0 Å². The number of hydrogen-bond donors (Lipinski definition) is 0. The first kappa shape index (κ1) is 32.3. The van der Waals surface area contributed by atoms with Crippen molar-refractivity contribution in [1.82, 2.24) is 4.57 Å². The van der Waals surface area contributed by atoms with Crippen molar-refractivity contribution >= 4 is 28.0 Å². The van der Waals surface area contributed by atoms with Crippen molar-refractivity contribution in [2.45, 2.75) is 57.8 Å². The molecule has 0 radical (unpaired) electrons. The van der Waals surface area contributed by atoms with E-state index in [2.05, 4.69) is 209 Å². The van der Waals surface area contributed by atoms with Gasteiger partial charge < -0.3 is 9.47 Å². The predicted octanol–water partition coefficient (Wildman–Crippen LogP) is 14.0. The van der Waals surface area contributed by atoms with Crippen molar-refractivity contribution in [3.63, 3.8) is 0 Å². The highest BCUT2D eigenvalue weighted by atomic mass is 15.1. The Morgan fingerprint density at radius 3 is 1.38 bits per heavy atom. The summed E-state index contributed by atoms with van der Waals surface area (Å²) in [4.78, 5) is 2.51. The van der Waals surface area contributed by atoms with Gasteiger partial charge in [0.15, 0.2) is 0 Å². The van der Waals surface area contributed by atoms with Crippen LogP contribution in [0.4, 0.5) is 17.1 Å². The van der Waals surface area contributed by atoms with Gasteiger partial charge in [-0.1, -0.05) is 145 Å². The van der Waals surface area contributed by atoms with Gasteiger partial charge in [-0.2, -0.15) is 0 Å². The van der Waals surface area contributed by atoms with Crippen LogP contribution in [-0.2, 0) is 16.2 Å². The van der Waals surface area contributed by atoms with Crippen LogP contribution in [0.2, 0.25) is 0 Å². The zero-order chi connectivity index (χ0) is 37.4. The number of nitrogens with zero attached hydrogens (tertiary/aromatic N) is 2. The van der Waals surface area contributed by atoms with Gasteiger partial charge in [0.1, 0.15) is 0 Å². The van der Waals surface area contributed by atoms with Gasteiger partial charge in [0.05, 0.1) is 11.2 Å². The third kappa shape index (κ3) is 4.26. The summed E-state index contributed by atoms with van der Waals surface area (Å²) in [6, 6.07) is 59.3. The van der Waals surface area contributed by atoms with Crippen molar-refractivity contribution in [3.8, 4) is 39.2 Å². The number of para-hydroxylation sites is 1. The predicted molar refractivity (Wildman–Crippen MR) is 231 cm³/mol. The Morgan fingerprint density at radius 1 is 0.382 bits per heavy atom. The maximum Gasteiger partial charge on any atom is 0.0585 e. The molecule has 0 atom stereocenters. The molecule has 0 unspecified atom stereocenters. The van der Waals surface area contributed by atoms with Gasteiger partial charge in [-0.05, 0) is 110 Å². The molecule has 11 rings (SSSR count). The van der Waals surface area contributed by atoms with Crippen LogP contribution in [0.25, 0.3) is 50.1 Å². The number of fused-ring (bicyclic) bond motifs is 11. The van der Waals surface area contributed by atoms with Gasteiger partial charge in [-0.15, -0.1) is 0 Å². The van der Waals surface area contributed by atoms with Crippen LogP contribution in [-0.4, -0.2) is 4.57 Å². The van der Waals surface area contributed by atoms with E-state index in [-0.39, 0.29) is 16.2 Å². The van der Waals surface area contributed by atoms with Crippen LogP contribution >= 0.6 is 0 Å². The first-order valence-electron chi connectivity index (χ1n) is 19.7. The summed E-state index contributed by atoms with van der Waals surface area (Å²) < 4.78 is 2.50. The van der Waals surface area contributed by atoms with Crippen LogP contribution in [0.5, 0.6) is 0 Å². The monoisotopic (exact) mass is 708 g/mol. The molecule has 7 aromatic carbocycles. The molecule has 0 saturated carbocycles. The molecule has 266 valence electrons. The van der Waals surface area contributed by atoms with E-state index < -0.39 is 0 Å². The number of aromatic nitrogens is 1. The van der Waals surface area contributed by atoms with Crippen molar-refractivity contribution in [2.24, 2.45) is 0 Å². The Labute approximate surface area is 324 Å². The van der Waals surface area contributed by atoms with Gasteiger partial charge in [0.2, 0.25) is 0 Å². The summed E-state index contributed by atoms with van der Waals surface area (Å²) in [5, 5.41) is 1.30. The molecule has 0 spiro atoms. The van der Waals surface area contributed by atoms with E-state index in [1.807, 2.05) is 0 Å². The van der Waals surface area contributed by atoms with E-state index in [1.165, 1.54) is 94.9 Å². The molecule has 0 N–H and O–H groups in total. The molecule has 0 saturated heterocycles. The zero-order valence-electron chi connectivity index (χ0n) is 32.4. The number of benzene rings is 7. The summed E-state index contributed by atoms with van der Waals surface area (Å²) >= 11 is 0. The van der Waals surface area contributed by atoms with E-state index in [1.54, 1.807) is 0 Å². The molecule has 8 aromatic rings. The maximum atomic E-state index is 2.51. The van der Waals surface area contributed by atoms with Crippen LogP contribution in [0.15, 0.2) is 158 Å². The standard InChI is InChI=1S/C53H44N2/c1-51(2)43-21-13-10-18-37(43)39-27-24-35(31-46(39)51)54(36-25-28-40-38-19-11-14-22-44(38)52(3,4)47(40)32-36)34-26-29-48-42(30-34)49-50(55(48)33-16-8-7-9-17-33)41-20-12-15-23-45(41)53(49,5)6/h7-32H,1-6H3. The first-order chi connectivity index (χ1) is 26.6. The molecule has 2 heteroatoms. The van der Waals surface area contributed by atoms with Crippen molar-refractivity contribution in [2.75, 3.05) is 4.90 Å². The molecule has 2 nitrogen and oxygen atoms in total. The lowest BCUT2D eigenvalue weighted by molar-refractivity contribution is 0.660. The van der Waals surface area contributed by atoms with Gasteiger partial charge >= 0.3 is 0 Å². The van der Waals surface area contributed by atoms with Crippen LogP contribution in [0.3, 0.4) is 0 Å². The Hall–Kier alpha value is -6.12. The van der Waals surface area contributed by atoms with Gasteiger partial charge in [0, 0.05) is 49.9 Å². The summed E-state index contributed by atoms with van der Waals surface area (Å²) in [5.74, 6) is 0. The smallest absolute Gasteiger partial charge is 0.0585 e. The van der Waals surface area contributed by atoms with Crippen molar-refractivity contribution in [1.29, 1.82) is 0 Å². The van der Waals surface area contributed by atoms with Gasteiger partial charge in [0.25, 0.3) is 0 Å². The second kappa shape index (κ2) is 11.0. The molecule has 1 aromatic heterocycles. The fourth-order valence-electron chi connectivity index (χ4n) is 10.6. The lowest BCUT2D eigenvalue weighted by Gasteiger charge is -2.30. The summed E-state index contributed by atoms with van der Waals surface area (Å²) in [7, 11) is 0. The maximum absolute atomic E-state index is 2.51. The number of anilines is 3. The molecule has 55 heavy (non-hydrogen) atoms.